The van der Waals surface area contributed by atoms with Gasteiger partial charge in [0.2, 0.25) is 0 Å². The van der Waals surface area contributed by atoms with Gasteiger partial charge in [-0.25, -0.2) is 0 Å². The molecule has 2 heteroatoms. The number of hydrogen-bond donors (Lipinski definition) is 1. The molecule has 1 fully saturated rings. The van der Waals surface area contributed by atoms with Crippen molar-refractivity contribution in [3.05, 3.63) is 0 Å². The molecule has 0 aromatic rings. The first-order valence-electron chi connectivity index (χ1n) is 6.49. The van der Waals surface area contributed by atoms with Crippen LogP contribution in [0.25, 0.3) is 0 Å². The molecule has 90 valence electrons. The number of hydrogen-bond acceptors (Lipinski definition) is 2. The Balaban J connectivity index is 2.33. The Hall–Kier alpha value is -0.0800. The van der Waals surface area contributed by atoms with Crippen LogP contribution in [0.5, 0.6) is 0 Å². The lowest BCUT2D eigenvalue weighted by atomic mass is 10.1. The highest BCUT2D eigenvalue weighted by atomic mass is 15.2. The summed E-state index contributed by atoms with van der Waals surface area (Å²) in [6.07, 6.45) is 2.83. The van der Waals surface area contributed by atoms with Crippen LogP contribution in [-0.2, 0) is 0 Å². The third-order valence-corrected chi connectivity index (χ3v) is 2.98. The molecule has 0 bridgehead atoms. The van der Waals surface area contributed by atoms with Gasteiger partial charge in [-0.05, 0) is 25.7 Å². The summed E-state index contributed by atoms with van der Waals surface area (Å²) in [6.45, 7) is 13.8. The van der Waals surface area contributed by atoms with Crippen molar-refractivity contribution < 1.29 is 0 Å². The van der Waals surface area contributed by atoms with E-state index in [-0.39, 0.29) is 0 Å². The van der Waals surface area contributed by atoms with Gasteiger partial charge in [0.15, 0.2) is 0 Å². The smallest absolute Gasteiger partial charge is 0.0195 e. The molecule has 0 amide bonds. The van der Waals surface area contributed by atoms with Gasteiger partial charge in [-0.3, -0.25) is 4.90 Å². The summed E-state index contributed by atoms with van der Waals surface area (Å²) in [6, 6.07) is 2.17. The van der Waals surface area contributed by atoms with Crippen LogP contribution in [0.4, 0.5) is 0 Å². The second-order valence-electron chi connectivity index (χ2n) is 5.73. The lowest BCUT2D eigenvalue weighted by Gasteiger charge is -2.31. The standard InChI is InChI=1S/C13H28N2/c1-10(2)9-15(13-6-7-13)12(5)8-14-11(3)4/h10-14H,6-9H2,1-5H3. The van der Waals surface area contributed by atoms with E-state index in [0.717, 1.165) is 18.5 Å². The van der Waals surface area contributed by atoms with Gasteiger partial charge in [0.1, 0.15) is 0 Å². The zero-order valence-corrected chi connectivity index (χ0v) is 11.1. The van der Waals surface area contributed by atoms with E-state index in [1.54, 1.807) is 0 Å². The van der Waals surface area contributed by atoms with Crippen molar-refractivity contribution in [2.24, 2.45) is 5.92 Å². The van der Waals surface area contributed by atoms with Gasteiger partial charge < -0.3 is 5.32 Å². The van der Waals surface area contributed by atoms with Crippen molar-refractivity contribution in [2.45, 2.75) is 65.6 Å². The molecular formula is C13H28N2. The summed E-state index contributed by atoms with van der Waals surface area (Å²) in [4.78, 5) is 2.69. The highest BCUT2D eigenvalue weighted by Crippen LogP contribution is 2.29. The van der Waals surface area contributed by atoms with Crippen LogP contribution >= 0.6 is 0 Å². The monoisotopic (exact) mass is 212 g/mol. The minimum Gasteiger partial charge on any atom is -0.313 e. The van der Waals surface area contributed by atoms with E-state index in [4.69, 9.17) is 0 Å². The Bertz CT molecular complexity index is 173. The van der Waals surface area contributed by atoms with Gasteiger partial charge >= 0.3 is 0 Å². The zero-order chi connectivity index (χ0) is 11.4. The highest BCUT2D eigenvalue weighted by Gasteiger charge is 2.32. The predicted octanol–water partition coefficient (Wildman–Crippen LogP) is 2.49. The maximum Gasteiger partial charge on any atom is 0.0195 e. The van der Waals surface area contributed by atoms with Crippen LogP contribution < -0.4 is 5.32 Å². The molecule has 0 radical (unpaired) electrons. The average Bonchev–Trinajstić information content (AvgIpc) is 2.93. The molecule has 15 heavy (non-hydrogen) atoms. The minimum atomic E-state index is 0.604. The molecule has 0 aliphatic heterocycles. The van der Waals surface area contributed by atoms with E-state index in [9.17, 15) is 0 Å². The normalized spacial score (nSPS) is 19.2. The van der Waals surface area contributed by atoms with Gasteiger partial charge in [-0.1, -0.05) is 27.7 Å². The molecule has 1 rings (SSSR count). The van der Waals surface area contributed by atoms with E-state index >= 15 is 0 Å². The molecule has 1 atom stereocenters. The fourth-order valence-electron chi connectivity index (χ4n) is 2.04. The van der Waals surface area contributed by atoms with Crippen LogP contribution in [0.1, 0.15) is 47.5 Å². The first-order valence-corrected chi connectivity index (χ1v) is 6.49. The summed E-state index contributed by atoms with van der Waals surface area (Å²) in [5.74, 6) is 0.784. The van der Waals surface area contributed by atoms with Crippen LogP contribution in [0.2, 0.25) is 0 Å². The number of nitrogens with zero attached hydrogens (tertiary/aromatic N) is 1. The summed E-state index contributed by atoms with van der Waals surface area (Å²) >= 11 is 0. The van der Waals surface area contributed by atoms with Crippen molar-refractivity contribution in [1.82, 2.24) is 10.2 Å². The Kier molecular flexibility index (Phi) is 5.07. The molecule has 0 aromatic carbocycles. The topological polar surface area (TPSA) is 15.3 Å². The largest absolute Gasteiger partial charge is 0.313 e. The zero-order valence-electron chi connectivity index (χ0n) is 11.1. The van der Waals surface area contributed by atoms with Crippen molar-refractivity contribution >= 4 is 0 Å². The first-order chi connectivity index (χ1) is 7.00. The van der Waals surface area contributed by atoms with Gasteiger partial charge in [0.25, 0.3) is 0 Å². The fraction of sp³-hybridized carbons (Fsp3) is 1.00. The summed E-state index contributed by atoms with van der Waals surface area (Å²) < 4.78 is 0. The highest BCUT2D eigenvalue weighted by molar-refractivity contribution is 4.88. The van der Waals surface area contributed by atoms with Crippen LogP contribution in [0.3, 0.4) is 0 Å². The molecule has 2 nitrogen and oxygen atoms in total. The maximum atomic E-state index is 3.54. The molecule has 0 aromatic heterocycles. The third-order valence-electron chi connectivity index (χ3n) is 2.98. The summed E-state index contributed by atoms with van der Waals surface area (Å²) in [5.41, 5.74) is 0. The van der Waals surface area contributed by atoms with E-state index < -0.39 is 0 Å². The maximum absolute atomic E-state index is 3.54. The third kappa shape index (κ3) is 4.98. The molecule has 0 saturated heterocycles. The molecule has 1 N–H and O–H groups in total. The van der Waals surface area contributed by atoms with Crippen molar-refractivity contribution in [3.63, 3.8) is 0 Å². The minimum absolute atomic E-state index is 0.604. The number of nitrogens with one attached hydrogen (secondary N) is 1. The summed E-state index contributed by atoms with van der Waals surface area (Å²) in [5, 5.41) is 3.54. The van der Waals surface area contributed by atoms with Crippen molar-refractivity contribution in [2.75, 3.05) is 13.1 Å². The van der Waals surface area contributed by atoms with Gasteiger partial charge in [-0.15, -0.1) is 0 Å². The number of rotatable bonds is 7. The van der Waals surface area contributed by atoms with Crippen LogP contribution in [-0.4, -0.2) is 36.1 Å². The van der Waals surface area contributed by atoms with E-state index in [1.807, 2.05) is 0 Å². The Labute approximate surface area is 95.4 Å². The molecule has 1 aliphatic rings. The lowest BCUT2D eigenvalue weighted by Crippen LogP contribution is -2.44. The Morgan fingerprint density at radius 2 is 1.73 bits per heavy atom. The summed E-state index contributed by atoms with van der Waals surface area (Å²) in [7, 11) is 0. The van der Waals surface area contributed by atoms with Gasteiger partial charge in [-0.2, -0.15) is 0 Å². The fourth-order valence-corrected chi connectivity index (χ4v) is 2.04. The quantitative estimate of drug-likeness (QED) is 0.697. The second-order valence-corrected chi connectivity index (χ2v) is 5.73. The van der Waals surface area contributed by atoms with Crippen molar-refractivity contribution in [1.29, 1.82) is 0 Å². The van der Waals surface area contributed by atoms with Gasteiger partial charge in [0, 0.05) is 31.2 Å². The Morgan fingerprint density at radius 1 is 1.13 bits per heavy atom. The Morgan fingerprint density at radius 3 is 2.13 bits per heavy atom. The predicted molar refractivity (Wildman–Crippen MR) is 67.2 cm³/mol. The van der Waals surface area contributed by atoms with E-state index in [2.05, 4.69) is 44.8 Å². The molecule has 1 aliphatic carbocycles. The second kappa shape index (κ2) is 5.86. The van der Waals surface area contributed by atoms with Crippen LogP contribution in [0.15, 0.2) is 0 Å². The SMILES string of the molecule is CC(C)CN(C(C)CNC(C)C)C1CC1. The molecule has 0 heterocycles. The van der Waals surface area contributed by atoms with E-state index in [1.165, 1.54) is 19.4 Å². The molecule has 1 unspecified atom stereocenters. The molecular weight excluding hydrogens is 184 g/mol. The molecule has 1 saturated carbocycles. The van der Waals surface area contributed by atoms with Crippen LogP contribution in [0, 0.1) is 5.92 Å². The van der Waals surface area contributed by atoms with Gasteiger partial charge in [0.05, 0.1) is 0 Å². The first kappa shape index (κ1) is 13.0. The molecule has 0 spiro atoms. The lowest BCUT2D eigenvalue weighted by molar-refractivity contribution is 0.171. The van der Waals surface area contributed by atoms with E-state index in [0.29, 0.717) is 12.1 Å². The average molecular weight is 212 g/mol. The van der Waals surface area contributed by atoms with Crippen molar-refractivity contribution in [3.8, 4) is 0 Å².